The van der Waals surface area contributed by atoms with E-state index < -0.39 is 11.9 Å². The molecule has 3 aromatic carbocycles. The molecule has 0 saturated carbocycles. The zero-order valence-electron chi connectivity index (χ0n) is 18.0. The van der Waals surface area contributed by atoms with Gasteiger partial charge in [-0.25, -0.2) is 10.2 Å². The second-order valence-corrected chi connectivity index (χ2v) is 7.18. The van der Waals surface area contributed by atoms with Gasteiger partial charge in [0.2, 0.25) is 0 Å². The highest BCUT2D eigenvalue weighted by Gasteiger charge is 2.11. The highest BCUT2D eigenvalue weighted by Crippen LogP contribution is 2.19. The normalized spacial score (nSPS) is 10.9. The van der Waals surface area contributed by atoms with Gasteiger partial charge in [-0.2, -0.15) is 5.10 Å². The minimum atomic E-state index is -0.462. The largest absolute Gasteiger partial charge is 0.494 e. The number of carbonyl (C=O) groups is 2. The quantitative estimate of drug-likeness (QED) is 0.175. The second-order valence-electron chi connectivity index (χ2n) is 7.18. The number of benzene rings is 3. The molecule has 0 aliphatic carbocycles. The lowest BCUT2D eigenvalue weighted by Crippen LogP contribution is -2.16. The minimum Gasteiger partial charge on any atom is -0.494 e. The minimum absolute atomic E-state index is 0.181. The third kappa shape index (κ3) is 5.65. The van der Waals surface area contributed by atoms with Crippen LogP contribution >= 0.6 is 0 Å². The number of hydrazone groups is 1. The number of furan rings is 1. The summed E-state index contributed by atoms with van der Waals surface area (Å²) >= 11 is 0. The fourth-order valence-electron chi connectivity index (χ4n) is 3.01. The zero-order valence-corrected chi connectivity index (χ0v) is 18.0. The maximum atomic E-state index is 12.3. The Morgan fingerprint density at radius 2 is 1.70 bits per heavy atom. The smallest absolute Gasteiger partial charge is 0.343 e. The van der Waals surface area contributed by atoms with Crippen LogP contribution in [0.25, 0.3) is 11.0 Å². The monoisotopic (exact) mass is 442 g/mol. The summed E-state index contributed by atoms with van der Waals surface area (Å²) in [6.07, 6.45) is 2.40. The molecule has 4 rings (SSSR count). The summed E-state index contributed by atoms with van der Waals surface area (Å²) in [7, 11) is 0. The van der Waals surface area contributed by atoms with Gasteiger partial charge in [0.15, 0.2) is 5.76 Å². The Bertz CT molecular complexity index is 1240. The number of nitrogens with zero attached hydrogens (tertiary/aromatic N) is 1. The first-order valence-electron chi connectivity index (χ1n) is 10.5. The van der Waals surface area contributed by atoms with Gasteiger partial charge in [0.25, 0.3) is 0 Å². The van der Waals surface area contributed by atoms with Crippen molar-refractivity contribution in [3.8, 4) is 11.5 Å². The molecule has 0 bridgehead atoms. The Morgan fingerprint density at radius 1 is 0.970 bits per heavy atom. The van der Waals surface area contributed by atoms with Crippen LogP contribution in [0.4, 0.5) is 0 Å². The summed E-state index contributed by atoms with van der Waals surface area (Å²) in [6.45, 7) is 2.66. The predicted octanol–water partition coefficient (Wildman–Crippen LogP) is 5.20. The van der Waals surface area contributed by atoms with Crippen LogP contribution in [0.2, 0.25) is 0 Å². The molecule has 7 nitrogen and oxygen atoms in total. The third-order valence-corrected chi connectivity index (χ3v) is 4.68. The molecular weight excluding hydrogens is 420 g/mol. The number of ether oxygens (including phenoxy) is 2. The van der Waals surface area contributed by atoms with E-state index in [1.54, 1.807) is 60.7 Å². The number of fused-ring (bicyclic) bond motifs is 1. The van der Waals surface area contributed by atoms with Crippen LogP contribution in [-0.2, 0) is 0 Å². The van der Waals surface area contributed by atoms with E-state index in [4.69, 9.17) is 13.9 Å². The molecule has 0 spiro atoms. The van der Waals surface area contributed by atoms with Gasteiger partial charge < -0.3 is 13.9 Å². The Kier molecular flexibility index (Phi) is 6.80. The van der Waals surface area contributed by atoms with Gasteiger partial charge in [-0.05, 0) is 72.6 Å². The van der Waals surface area contributed by atoms with E-state index >= 15 is 0 Å². The van der Waals surface area contributed by atoms with Gasteiger partial charge in [0.05, 0.1) is 18.4 Å². The number of amides is 1. The lowest BCUT2D eigenvalue weighted by Gasteiger charge is -2.07. The van der Waals surface area contributed by atoms with Crippen molar-refractivity contribution in [3.63, 3.8) is 0 Å². The van der Waals surface area contributed by atoms with Gasteiger partial charge in [0, 0.05) is 5.39 Å². The van der Waals surface area contributed by atoms with Crippen molar-refractivity contribution >= 4 is 29.1 Å². The number of nitrogens with one attached hydrogen (secondary N) is 1. The van der Waals surface area contributed by atoms with Gasteiger partial charge in [-0.1, -0.05) is 25.1 Å². The van der Waals surface area contributed by atoms with Crippen LogP contribution < -0.4 is 14.9 Å². The first-order chi connectivity index (χ1) is 16.1. The molecule has 1 amide bonds. The molecule has 1 heterocycles. The molecule has 0 atom stereocenters. The maximum Gasteiger partial charge on any atom is 0.343 e. The van der Waals surface area contributed by atoms with Crippen LogP contribution in [0.5, 0.6) is 11.5 Å². The van der Waals surface area contributed by atoms with E-state index in [1.165, 1.54) is 6.21 Å². The molecule has 166 valence electrons. The average Bonchev–Trinajstić information content (AvgIpc) is 3.29. The van der Waals surface area contributed by atoms with Gasteiger partial charge >= 0.3 is 11.9 Å². The Hall–Kier alpha value is -4.39. The van der Waals surface area contributed by atoms with Crippen LogP contribution in [0.3, 0.4) is 0 Å². The SMILES string of the molecule is CCCOc1ccc(C(=O)Oc2ccc(/C=N\NC(=O)c3cc4ccccc4o3)cc2)cc1. The highest BCUT2D eigenvalue weighted by atomic mass is 16.5. The Morgan fingerprint density at radius 3 is 2.42 bits per heavy atom. The summed E-state index contributed by atoms with van der Waals surface area (Å²) in [4.78, 5) is 24.5. The lowest BCUT2D eigenvalue weighted by atomic mass is 10.2. The van der Waals surface area contributed by atoms with E-state index in [-0.39, 0.29) is 5.76 Å². The second kappa shape index (κ2) is 10.3. The molecule has 0 fully saturated rings. The topological polar surface area (TPSA) is 90.1 Å². The van der Waals surface area contributed by atoms with E-state index in [9.17, 15) is 9.59 Å². The summed E-state index contributed by atoms with van der Waals surface area (Å²) in [5.41, 5.74) is 4.22. The summed E-state index contributed by atoms with van der Waals surface area (Å²) in [5, 5.41) is 4.80. The van der Waals surface area contributed by atoms with Gasteiger partial charge in [-0.15, -0.1) is 0 Å². The number of hydrogen-bond donors (Lipinski definition) is 1. The van der Waals surface area contributed by atoms with E-state index in [1.807, 2.05) is 25.1 Å². The van der Waals surface area contributed by atoms with E-state index in [0.29, 0.717) is 29.3 Å². The third-order valence-electron chi connectivity index (χ3n) is 4.68. The number of hydrogen-bond acceptors (Lipinski definition) is 6. The van der Waals surface area contributed by atoms with Gasteiger partial charge in [0.1, 0.15) is 17.1 Å². The van der Waals surface area contributed by atoms with Crippen molar-refractivity contribution in [1.82, 2.24) is 5.43 Å². The molecule has 0 unspecified atom stereocenters. The van der Waals surface area contributed by atoms with Crippen LogP contribution in [-0.4, -0.2) is 24.7 Å². The predicted molar refractivity (Wildman–Crippen MR) is 125 cm³/mol. The van der Waals surface area contributed by atoms with Crippen molar-refractivity contribution < 1.29 is 23.5 Å². The molecule has 0 saturated heterocycles. The number of rotatable bonds is 8. The maximum absolute atomic E-state index is 12.3. The Balaban J connectivity index is 1.30. The van der Waals surface area contributed by atoms with Crippen molar-refractivity contribution in [2.45, 2.75) is 13.3 Å². The molecule has 0 radical (unpaired) electrons. The molecular formula is C26H22N2O5. The van der Waals surface area contributed by atoms with Crippen molar-refractivity contribution in [1.29, 1.82) is 0 Å². The van der Waals surface area contributed by atoms with Crippen molar-refractivity contribution in [2.75, 3.05) is 6.61 Å². The molecule has 1 N–H and O–H groups in total. The first-order valence-corrected chi connectivity index (χ1v) is 10.5. The number of para-hydroxylation sites is 1. The number of esters is 1. The molecule has 1 aromatic heterocycles. The van der Waals surface area contributed by atoms with E-state index in [2.05, 4.69) is 10.5 Å². The lowest BCUT2D eigenvalue weighted by molar-refractivity contribution is 0.0734. The molecule has 7 heteroatoms. The summed E-state index contributed by atoms with van der Waals surface area (Å²) in [5.74, 6) is 0.385. The van der Waals surface area contributed by atoms with Crippen LogP contribution in [0, 0.1) is 0 Å². The molecule has 33 heavy (non-hydrogen) atoms. The van der Waals surface area contributed by atoms with Crippen LogP contribution in [0.15, 0.2) is 88.4 Å². The highest BCUT2D eigenvalue weighted by molar-refractivity contribution is 5.96. The van der Waals surface area contributed by atoms with Crippen LogP contribution in [0.1, 0.15) is 39.8 Å². The zero-order chi connectivity index (χ0) is 23.0. The van der Waals surface area contributed by atoms with Crippen molar-refractivity contribution in [2.24, 2.45) is 5.10 Å². The fourth-order valence-corrected chi connectivity index (χ4v) is 3.01. The van der Waals surface area contributed by atoms with Crippen molar-refractivity contribution in [3.05, 3.63) is 95.7 Å². The summed E-state index contributed by atoms with van der Waals surface area (Å²) in [6, 6.07) is 22.6. The average molecular weight is 442 g/mol. The molecule has 0 aliphatic rings. The fraction of sp³-hybridized carbons (Fsp3) is 0.115. The Labute approximate surface area is 190 Å². The molecule has 4 aromatic rings. The molecule has 0 aliphatic heterocycles. The number of carbonyl (C=O) groups excluding carboxylic acids is 2. The van der Waals surface area contributed by atoms with E-state index in [0.717, 1.165) is 17.4 Å². The first kappa shape index (κ1) is 21.8. The summed E-state index contributed by atoms with van der Waals surface area (Å²) < 4.78 is 16.4. The van der Waals surface area contributed by atoms with Gasteiger partial charge in [-0.3, -0.25) is 4.79 Å². The standard InChI is InChI=1S/C26H22N2O5/c1-2-15-31-21-13-9-19(10-14-21)26(30)32-22-11-7-18(8-12-22)17-27-28-25(29)24-16-20-5-3-4-6-23(20)33-24/h3-14,16-17H,2,15H2,1H3,(H,28,29)/b27-17-.